The largest absolute Gasteiger partial charge is 0.380 e. The molecule has 27 heavy (non-hydrogen) atoms. The number of rotatable bonds is 7. The number of aliphatic hydroxyl groups is 1. The van der Waals surface area contributed by atoms with E-state index in [1.54, 1.807) is 12.1 Å². The Morgan fingerprint density at radius 1 is 0.815 bits per heavy atom. The maximum Gasteiger partial charge on any atom is 0.296 e. The van der Waals surface area contributed by atoms with E-state index in [-0.39, 0.29) is 17.9 Å². The number of aryl methyl sites for hydroxylation is 1. The summed E-state index contributed by atoms with van der Waals surface area (Å²) < 4.78 is 30.0. The zero-order valence-electron chi connectivity index (χ0n) is 15.1. The summed E-state index contributed by atoms with van der Waals surface area (Å²) in [5.74, 6) is 0. The van der Waals surface area contributed by atoms with Crippen molar-refractivity contribution in [2.45, 2.75) is 23.8 Å². The fourth-order valence-corrected chi connectivity index (χ4v) is 3.86. The van der Waals surface area contributed by atoms with Crippen molar-refractivity contribution in [3.8, 4) is 0 Å². The van der Waals surface area contributed by atoms with Crippen molar-refractivity contribution in [3.63, 3.8) is 0 Å². The molecule has 0 unspecified atom stereocenters. The Hall–Kier alpha value is -2.47. The van der Waals surface area contributed by atoms with Gasteiger partial charge in [0.1, 0.15) is 5.60 Å². The van der Waals surface area contributed by atoms with Gasteiger partial charge in [-0.15, -0.1) is 0 Å². The molecule has 0 atom stereocenters. The lowest BCUT2D eigenvalue weighted by molar-refractivity contribution is 0.0559. The van der Waals surface area contributed by atoms with Crippen molar-refractivity contribution in [1.82, 2.24) is 0 Å². The highest BCUT2D eigenvalue weighted by Crippen LogP contribution is 2.33. The molecule has 3 rings (SSSR count). The van der Waals surface area contributed by atoms with Crippen LogP contribution in [0.2, 0.25) is 0 Å². The number of hydrogen-bond acceptors (Lipinski definition) is 4. The van der Waals surface area contributed by atoms with E-state index in [0.717, 1.165) is 5.56 Å². The molecule has 0 saturated heterocycles. The van der Waals surface area contributed by atoms with Gasteiger partial charge >= 0.3 is 0 Å². The van der Waals surface area contributed by atoms with Crippen LogP contribution >= 0.6 is 0 Å². The van der Waals surface area contributed by atoms with Crippen LogP contribution in [0.5, 0.6) is 0 Å². The lowest BCUT2D eigenvalue weighted by Crippen LogP contribution is -2.29. The minimum atomic E-state index is -3.87. The molecule has 0 amide bonds. The van der Waals surface area contributed by atoms with E-state index in [0.29, 0.717) is 11.1 Å². The third kappa shape index (κ3) is 4.45. The molecule has 0 radical (unpaired) electrons. The molecule has 0 aliphatic rings. The fraction of sp³-hybridized carbons (Fsp3) is 0.182. The lowest BCUT2D eigenvalue weighted by atomic mass is 9.84. The molecule has 140 valence electrons. The normalized spacial score (nSPS) is 12.1. The van der Waals surface area contributed by atoms with E-state index in [1.165, 1.54) is 12.1 Å². The first-order chi connectivity index (χ1) is 12.9. The van der Waals surface area contributed by atoms with Gasteiger partial charge < -0.3 is 5.11 Å². The highest BCUT2D eigenvalue weighted by Gasteiger charge is 2.32. The Morgan fingerprint density at radius 2 is 1.30 bits per heavy atom. The average molecular weight is 382 g/mol. The predicted molar refractivity (Wildman–Crippen MR) is 105 cm³/mol. The van der Waals surface area contributed by atoms with Crippen molar-refractivity contribution in [1.29, 1.82) is 0 Å². The van der Waals surface area contributed by atoms with Gasteiger partial charge in [-0.3, -0.25) is 4.18 Å². The van der Waals surface area contributed by atoms with Crippen molar-refractivity contribution < 1.29 is 17.7 Å². The van der Waals surface area contributed by atoms with E-state index in [4.69, 9.17) is 4.18 Å². The van der Waals surface area contributed by atoms with E-state index in [2.05, 4.69) is 0 Å². The predicted octanol–water partition coefficient (Wildman–Crippen LogP) is 4.03. The molecule has 0 spiro atoms. The quantitative estimate of drug-likeness (QED) is 0.627. The Bertz CT molecular complexity index is 926. The molecule has 4 nitrogen and oxygen atoms in total. The molecule has 3 aromatic carbocycles. The minimum absolute atomic E-state index is 0.103. The SMILES string of the molecule is Cc1ccc(S(=O)(=O)OCCC(O)(c2ccccc2)c2ccccc2)cc1. The molecule has 0 heterocycles. The smallest absolute Gasteiger partial charge is 0.296 e. The average Bonchev–Trinajstić information content (AvgIpc) is 2.69. The minimum Gasteiger partial charge on any atom is -0.380 e. The molecule has 0 bridgehead atoms. The van der Waals surface area contributed by atoms with Crippen LogP contribution in [0.4, 0.5) is 0 Å². The fourth-order valence-electron chi connectivity index (χ4n) is 2.96. The molecular formula is C22H22O4S. The summed E-state index contributed by atoms with van der Waals surface area (Å²) in [6.07, 6.45) is 0.103. The Balaban J connectivity index is 1.81. The van der Waals surface area contributed by atoms with Gasteiger partial charge in [-0.1, -0.05) is 78.4 Å². The molecule has 5 heteroatoms. The van der Waals surface area contributed by atoms with Gasteiger partial charge in [-0.05, 0) is 30.2 Å². The standard InChI is InChI=1S/C22H22O4S/c1-18-12-14-21(15-13-18)27(24,25)26-17-16-22(23,19-8-4-2-5-9-19)20-10-6-3-7-11-20/h2-15,23H,16-17H2,1H3. The Kier molecular flexibility index (Phi) is 5.75. The highest BCUT2D eigenvalue weighted by atomic mass is 32.2. The maximum atomic E-state index is 12.4. The highest BCUT2D eigenvalue weighted by molar-refractivity contribution is 7.86. The van der Waals surface area contributed by atoms with Crippen molar-refractivity contribution >= 4 is 10.1 Å². The second-order valence-corrected chi connectivity index (χ2v) is 8.05. The Labute approximate surface area is 160 Å². The Morgan fingerprint density at radius 3 is 1.78 bits per heavy atom. The number of benzene rings is 3. The van der Waals surface area contributed by atoms with Crippen LogP contribution < -0.4 is 0 Å². The van der Waals surface area contributed by atoms with E-state index >= 15 is 0 Å². The topological polar surface area (TPSA) is 63.6 Å². The summed E-state index contributed by atoms with van der Waals surface area (Å²) in [6.45, 7) is 1.74. The van der Waals surface area contributed by atoms with Crippen molar-refractivity contribution in [3.05, 3.63) is 102 Å². The van der Waals surface area contributed by atoms with Crippen LogP contribution in [-0.4, -0.2) is 20.1 Å². The van der Waals surface area contributed by atoms with Gasteiger partial charge in [0.15, 0.2) is 0 Å². The summed E-state index contributed by atoms with van der Waals surface area (Å²) in [6, 6.07) is 24.9. The van der Waals surface area contributed by atoms with Gasteiger partial charge in [-0.25, -0.2) is 0 Å². The first-order valence-electron chi connectivity index (χ1n) is 8.71. The molecule has 0 saturated carbocycles. The van der Waals surface area contributed by atoms with Crippen molar-refractivity contribution in [2.75, 3.05) is 6.61 Å². The van der Waals surface area contributed by atoms with E-state index in [9.17, 15) is 13.5 Å². The zero-order chi connectivity index (χ0) is 19.3. The molecule has 3 aromatic rings. The second-order valence-electron chi connectivity index (χ2n) is 6.43. The van der Waals surface area contributed by atoms with Gasteiger partial charge in [0.05, 0.1) is 11.5 Å². The van der Waals surface area contributed by atoms with Crippen LogP contribution in [-0.2, 0) is 19.9 Å². The molecular weight excluding hydrogens is 360 g/mol. The van der Waals surface area contributed by atoms with Crippen LogP contribution in [0.3, 0.4) is 0 Å². The molecule has 0 aliphatic carbocycles. The third-order valence-corrected chi connectivity index (χ3v) is 5.84. The summed E-state index contributed by atoms with van der Waals surface area (Å²) in [4.78, 5) is 0.107. The maximum absolute atomic E-state index is 12.4. The zero-order valence-corrected chi connectivity index (χ0v) is 15.9. The van der Waals surface area contributed by atoms with E-state index in [1.807, 2.05) is 67.6 Å². The van der Waals surface area contributed by atoms with Gasteiger partial charge in [0.25, 0.3) is 10.1 Å². The number of hydrogen-bond donors (Lipinski definition) is 1. The molecule has 1 N–H and O–H groups in total. The first-order valence-corrected chi connectivity index (χ1v) is 10.1. The third-order valence-electron chi connectivity index (χ3n) is 4.51. The summed E-state index contributed by atoms with van der Waals surface area (Å²) in [7, 11) is -3.87. The van der Waals surface area contributed by atoms with E-state index < -0.39 is 15.7 Å². The monoisotopic (exact) mass is 382 g/mol. The van der Waals surface area contributed by atoms with Crippen LogP contribution in [0.15, 0.2) is 89.8 Å². The molecule has 0 aromatic heterocycles. The summed E-state index contributed by atoms with van der Waals surface area (Å²) in [5, 5.41) is 11.4. The van der Waals surface area contributed by atoms with Gasteiger partial charge in [-0.2, -0.15) is 8.42 Å². The summed E-state index contributed by atoms with van der Waals surface area (Å²) >= 11 is 0. The molecule has 0 aliphatic heterocycles. The first kappa shape index (κ1) is 19.3. The van der Waals surface area contributed by atoms with Crippen molar-refractivity contribution in [2.24, 2.45) is 0 Å². The van der Waals surface area contributed by atoms with Crippen LogP contribution in [0.1, 0.15) is 23.1 Å². The second kappa shape index (κ2) is 8.05. The van der Waals surface area contributed by atoms with Crippen LogP contribution in [0, 0.1) is 6.92 Å². The van der Waals surface area contributed by atoms with Gasteiger partial charge in [0, 0.05) is 6.42 Å². The summed E-state index contributed by atoms with van der Waals surface area (Å²) in [5.41, 5.74) is 1.00. The molecule has 0 fully saturated rings. The lowest BCUT2D eigenvalue weighted by Gasteiger charge is -2.29. The van der Waals surface area contributed by atoms with Gasteiger partial charge in [0.2, 0.25) is 0 Å². The van der Waals surface area contributed by atoms with Crippen LogP contribution in [0.25, 0.3) is 0 Å².